The van der Waals surface area contributed by atoms with Crippen molar-refractivity contribution in [3.8, 4) is 0 Å². The maximum Gasteiger partial charge on any atom is 0.326 e. The van der Waals surface area contributed by atoms with E-state index in [1.54, 1.807) is 7.11 Å². The summed E-state index contributed by atoms with van der Waals surface area (Å²) < 4.78 is 5.19. The number of nitrogens with zero attached hydrogens (tertiary/aromatic N) is 2. The van der Waals surface area contributed by atoms with E-state index in [2.05, 4.69) is 10.2 Å². The van der Waals surface area contributed by atoms with Crippen molar-refractivity contribution >= 4 is 11.9 Å². The molecule has 2 fully saturated rings. The molecule has 6 heteroatoms. The number of imide groups is 1. The van der Waals surface area contributed by atoms with Crippen molar-refractivity contribution < 1.29 is 14.3 Å². The predicted octanol–water partition coefficient (Wildman–Crippen LogP) is 2.35. The van der Waals surface area contributed by atoms with Crippen LogP contribution in [0.25, 0.3) is 0 Å². The van der Waals surface area contributed by atoms with Gasteiger partial charge in [0.05, 0.1) is 13.3 Å². The molecule has 3 amide bonds. The lowest BCUT2D eigenvalue weighted by Gasteiger charge is -2.31. The van der Waals surface area contributed by atoms with Crippen molar-refractivity contribution in [2.45, 2.75) is 44.2 Å². The Hall–Kier alpha value is -1.92. The van der Waals surface area contributed by atoms with Gasteiger partial charge >= 0.3 is 6.03 Å². The standard InChI is InChI=1S/C19H27N3O3/c1-25-13-12-21(14-16-8-4-2-5-9-16)15-22-17(23)19(20-18(22)24)10-6-3-7-11-19/h2,4-5,8-9H,3,6-7,10-15H2,1H3,(H,20,24). The lowest BCUT2D eigenvalue weighted by molar-refractivity contribution is -0.134. The van der Waals surface area contributed by atoms with Gasteiger partial charge in [0.25, 0.3) is 5.91 Å². The Balaban J connectivity index is 1.69. The number of rotatable bonds is 7. The number of carbonyl (C=O) groups excluding carboxylic acids is 2. The predicted molar refractivity (Wildman–Crippen MR) is 94.8 cm³/mol. The average Bonchev–Trinajstić information content (AvgIpc) is 2.85. The Morgan fingerprint density at radius 3 is 2.56 bits per heavy atom. The van der Waals surface area contributed by atoms with Crippen LogP contribution in [0.2, 0.25) is 0 Å². The summed E-state index contributed by atoms with van der Waals surface area (Å²) in [4.78, 5) is 28.9. The second kappa shape index (κ2) is 7.97. The number of amides is 3. The molecule has 25 heavy (non-hydrogen) atoms. The van der Waals surface area contributed by atoms with E-state index < -0.39 is 5.54 Å². The largest absolute Gasteiger partial charge is 0.383 e. The van der Waals surface area contributed by atoms with Crippen molar-refractivity contribution in [2.24, 2.45) is 0 Å². The highest BCUT2D eigenvalue weighted by Gasteiger charge is 2.51. The Morgan fingerprint density at radius 1 is 1.16 bits per heavy atom. The van der Waals surface area contributed by atoms with Gasteiger partial charge in [-0.1, -0.05) is 49.6 Å². The lowest BCUT2D eigenvalue weighted by atomic mass is 9.82. The monoisotopic (exact) mass is 345 g/mol. The summed E-state index contributed by atoms with van der Waals surface area (Å²) in [7, 11) is 1.66. The van der Waals surface area contributed by atoms with Gasteiger partial charge in [0.1, 0.15) is 5.54 Å². The first kappa shape index (κ1) is 17.9. The van der Waals surface area contributed by atoms with E-state index in [4.69, 9.17) is 4.74 Å². The van der Waals surface area contributed by atoms with E-state index in [1.807, 2.05) is 30.3 Å². The Bertz CT molecular complexity index is 599. The molecule has 1 aromatic rings. The quantitative estimate of drug-likeness (QED) is 0.771. The fraction of sp³-hybridized carbons (Fsp3) is 0.579. The number of urea groups is 1. The van der Waals surface area contributed by atoms with Crippen LogP contribution in [0.3, 0.4) is 0 Å². The fourth-order valence-electron chi connectivity index (χ4n) is 3.76. The molecule has 0 atom stereocenters. The van der Waals surface area contributed by atoms with E-state index in [9.17, 15) is 9.59 Å². The van der Waals surface area contributed by atoms with Crippen LogP contribution in [0.15, 0.2) is 30.3 Å². The third kappa shape index (κ3) is 4.02. The molecule has 2 aliphatic rings. The number of hydrogen-bond donors (Lipinski definition) is 1. The molecule has 1 heterocycles. The zero-order chi connectivity index (χ0) is 17.7. The minimum absolute atomic E-state index is 0.0623. The summed E-state index contributed by atoms with van der Waals surface area (Å²) in [6.45, 7) is 2.19. The SMILES string of the molecule is COCCN(Cc1ccccc1)CN1C(=O)NC2(CCCCC2)C1=O. The third-order valence-corrected chi connectivity index (χ3v) is 5.16. The van der Waals surface area contributed by atoms with Gasteiger partial charge in [0.2, 0.25) is 0 Å². The van der Waals surface area contributed by atoms with E-state index in [0.717, 1.165) is 37.7 Å². The Morgan fingerprint density at radius 2 is 1.88 bits per heavy atom. The second-order valence-electron chi connectivity index (χ2n) is 6.98. The van der Waals surface area contributed by atoms with Crippen LogP contribution in [0.1, 0.15) is 37.7 Å². The zero-order valence-corrected chi connectivity index (χ0v) is 14.9. The van der Waals surface area contributed by atoms with Crippen molar-refractivity contribution in [3.63, 3.8) is 0 Å². The van der Waals surface area contributed by atoms with Crippen LogP contribution in [0.5, 0.6) is 0 Å². The molecule has 1 aliphatic carbocycles. The number of nitrogens with one attached hydrogen (secondary N) is 1. The highest BCUT2D eigenvalue weighted by atomic mass is 16.5. The third-order valence-electron chi connectivity index (χ3n) is 5.16. The van der Waals surface area contributed by atoms with Gasteiger partial charge in [0.15, 0.2) is 0 Å². The summed E-state index contributed by atoms with van der Waals surface area (Å²) in [5.74, 6) is -0.0623. The normalized spacial score (nSPS) is 19.7. The van der Waals surface area contributed by atoms with Crippen LogP contribution >= 0.6 is 0 Å². The number of hydrogen-bond acceptors (Lipinski definition) is 4. The highest BCUT2D eigenvalue weighted by Crippen LogP contribution is 2.33. The molecule has 0 unspecified atom stereocenters. The smallest absolute Gasteiger partial charge is 0.326 e. The summed E-state index contributed by atoms with van der Waals surface area (Å²) in [6.07, 6.45) is 4.64. The van der Waals surface area contributed by atoms with E-state index >= 15 is 0 Å². The van der Waals surface area contributed by atoms with Crippen LogP contribution in [-0.2, 0) is 16.1 Å². The number of methoxy groups -OCH3 is 1. The summed E-state index contributed by atoms with van der Waals surface area (Å²) in [5.41, 5.74) is 0.493. The topological polar surface area (TPSA) is 61.9 Å². The van der Waals surface area contributed by atoms with E-state index in [0.29, 0.717) is 26.4 Å². The van der Waals surface area contributed by atoms with Crippen LogP contribution in [0, 0.1) is 0 Å². The Kier molecular flexibility index (Phi) is 5.71. The molecule has 3 rings (SSSR count). The van der Waals surface area contributed by atoms with Crippen LogP contribution < -0.4 is 5.32 Å². The summed E-state index contributed by atoms with van der Waals surface area (Å²) >= 11 is 0. The minimum Gasteiger partial charge on any atom is -0.383 e. The van der Waals surface area contributed by atoms with Crippen molar-refractivity contribution in [1.82, 2.24) is 15.1 Å². The van der Waals surface area contributed by atoms with Crippen molar-refractivity contribution in [2.75, 3.05) is 26.9 Å². The molecule has 1 aromatic carbocycles. The van der Waals surface area contributed by atoms with Gasteiger partial charge in [-0.25, -0.2) is 9.69 Å². The van der Waals surface area contributed by atoms with Gasteiger partial charge in [-0.15, -0.1) is 0 Å². The maximum atomic E-state index is 12.9. The van der Waals surface area contributed by atoms with Crippen molar-refractivity contribution in [3.05, 3.63) is 35.9 Å². The molecule has 1 saturated heterocycles. The van der Waals surface area contributed by atoms with Crippen LogP contribution in [-0.4, -0.2) is 54.2 Å². The maximum absolute atomic E-state index is 12.9. The molecule has 1 N–H and O–H groups in total. The highest BCUT2D eigenvalue weighted by molar-refractivity contribution is 6.07. The second-order valence-corrected chi connectivity index (χ2v) is 6.98. The van der Waals surface area contributed by atoms with Crippen LogP contribution in [0.4, 0.5) is 4.79 Å². The lowest BCUT2D eigenvalue weighted by Crippen LogP contribution is -2.49. The van der Waals surface area contributed by atoms with Gasteiger partial charge in [-0.2, -0.15) is 0 Å². The molecular weight excluding hydrogens is 318 g/mol. The average molecular weight is 345 g/mol. The molecular formula is C19H27N3O3. The first-order valence-electron chi connectivity index (χ1n) is 9.04. The number of benzene rings is 1. The molecule has 0 aromatic heterocycles. The molecule has 1 saturated carbocycles. The molecule has 1 spiro atoms. The van der Waals surface area contributed by atoms with Gasteiger partial charge in [0, 0.05) is 20.2 Å². The Labute approximate surface area is 149 Å². The van der Waals surface area contributed by atoms with Gasteiger partial charge in [-0.3, -0.25) is 9.69 Å². The van der Waals surface area contributed by atoms with Crippen molar-refractivity contribution in [1.29, 1.82) is 0 Å². The minimum atomic E-state index is -0.658. The fourth-order valence-corrected chi connectivity index (χ4v) is 3.76. The molecule has 6 nitrogen and oxygen atoms in total. The number of carbonyl (C=O) groups is 2. The molecule has 0 radical (unpaired) electrons. The summed E-state index contributed by atoms with van der Waals surface area (Å²) in [6, 6.07) is 9.81. The molecule has 0 bridgehead atoms. The zero-order valence-electron chi connectivity index (χ0n) is 14.9. The van der Waals surface area contributed by atoms with E-state index in [-0.39, 0.29) is 11.9 Å². The number of ether oxygens (including phenoxy) is 1. The molecule has 1 aliphatic heterocycles. The first-order valence-corrected chi connectivity index (χ1v) is 9.04. The first-order chi connectivity index (χ1) is 12.1. The van der Waals surface area contributed by atoms with E-state index in [1.165, 1.54) is 4.90 Å². The van der Waals surface area contributed by atoms with Gasteiger partial charge < -0.3 is 10.1 Å². The molecule has 136 valence electrons. The summed E-state index contributed by atoms with van der Waals surface area (Å²) in [5, 5.41) is 2.97. The van der Waals surface area contributed by atoms with Gasteiger partial charge in [-0.05, 0) is 18.4 Å².